The molecule has 0 saturated heterocycles. The van der Waals surface area contributed by atoms with Gasteiger partial charge in [-0.2, -0.15) is 0 Å². The van der Waals surface area contributed by atoms with Gasteiger partial charge in [-0.3, -0.25) is 4.98 Å². The average molecular weight is 252 g/mol. The number of hydrogen-bond donors (Lipinski definition) is 2. The third kappa shape index (κ3) is 2.38. The zero-order chi connectivity index (χ0) is 13.2. The van der Waals surface area contributed by atoms with Crippen LogP contribution in [-0.4, -0.2) is 26.7 Å². The van der Waals surface area contributed by atoms with Crippen molar-refractivity contribution in [2.24, 2.45) is 0 Å². The van der Waals surface area contributed by atoms with Crippen LogP contribution in [0.2, 0.25) is 0 Å². The predicted octanol–water partition coefficient (Wildman–Crippen LogP) is 0.764. The molecule has 3 aromatic rings. The van der Waals surface area contributed by atoms with Crippen molar-refractivity contribution in [2.75, 3.05) is 0 Å². The number of rotatable bonds is 3. The second-order valence-electron chi connectivity index (χ2n) is 4.47. The molecule has 0 fully saturated rings. The van der Waals surface area contributed by atoms with E-state index in [1.165, 1.54) is 0 Å². The molecule has 0 aliphatic rings. The molecule has 5 heteroatoms. The highest BCUT2D eigenvalue weighted by atomic mass is 16.4. The van der Waals surface area contributed by atoms with Crippen molar-refractivity contribution >= 4 is 23.6 Å². The van der Waals surface area contributed by atoms with Crippen LogP contribution in [0.4, 0.5) is 0 Å². The van der Waals surface area contributed by atoms with Crippen LogP contribution in [0, 0.1) is 0 Å². The van der Waals surface area contributed by atoms with Gasteiger partial charge in [-0.05, 0) is 29.2 Å². The van der Waals surface area contributed by atoms with Gasteiger partial charge in [0.25, 0.3) is 0 Å². The lowest BCUT2D eigenvalue weighted by Gasteiger charge is -2.06. The van der Waals surface area contributed by atoms with Crippen molar-refractivity contribution < 1.29 is 10.0 Å². The van der Waals surface area contributed by atoms with Crippen molar-refractivity contribution in [3.05, 3.63) is 60.4 Å². The van der Waals surface area contributed by atoms with E-state index in [-0.39, 0.29) is 0 Å². The minimum absolute atomic E-state index is 0.503. The molecule has 0 bridgehead atoms. The van der Waals surface area contributed by atoms with Crippen LogP contribution in [0.15, 0.2) is 54.9 Å². The fourth-order valence-electron chi connectivity index (χ4n) is 2.15. The summed E-state index contributed by atoms with van der Waals surface area (Å²) in [6.07, 6.45) is 3.79. The standard InChI is InChI=1S/C14H13BN2O2/c18-15(19)12-5-3-11(4-6-12)10-17-9-7-13-14(17)2-1-8-16-13/h1-9,18-19H,10H2. The first-order valence-corrected chi connectivity index (χ1v) is 6.09. The molecule has 0 radical (unpaired) electrons. The van der Waals surface area contributed by atoms with Crippen molar-refractivity contribution in [2.45, 2.75) is 6.54 Å². The predicted molar refractivity (Wildman–Crippen MR) is 75.1 cm³/mol. The Hall–Kier alpha value is -2.11. The summed E-state index contributed by atoms with van der Waals surface area (Å²) in [6.45, 7) is 0.733. The molecule has 94 valence electrons. The molecular formula is C14H13BN2O2. The molecule has 1 aromatic carbocycles. The first-order valence-electron chi connectivity index (χ1n) is 6.09. The molecule has 19 heavy (non-hydrogen) atoms. The normalized spacial score (nSPS) is 10.8. The molecule has 0 saturated carbocycles. The highest BCUT2D eigenvalue weighted by molar-refractivity contribution is 6.58. The van der Waals surface area contributed by atoms with Gasteiger partial charge in [-0.25, -0.2) is 0 Å². The average Bonchev–Trinajstić information content (AvgIpc) is 2.83. The van der Waals surface area contributed by atoms with Crippen LogP contribution < -0.4 is 5.46 Å². The SMILES string of the molecule is OB(O)c1ccc(Cn2ccc3ncccc32)cc1. The zero-order valence-electron chi connectivity index (χ0n) is 10.3. The Morgan fingerprint density at radius 1 is 1.05 bits per heavy atom. The summed E-state index contributed by atoms with van der Waals surface area (Å²) >= 11 is 0. The summed E-state index contributed by atoms with van der Waals surface area (Å²) < 4.78 is 2.12. The highest BCUT2D eigenvalue weighted by Crippen LogP contribution is 2.14. The molecule has 0 amide bonds. The van der Waals surface area contributed by atoms with Gasteiger partial charge in [0.2, 0.25) is 0 Å². The third-order valence-electron chi connectivity index (χ3n) is 3.17. The van der Waals surface area contributed by atoms with Gasteiger partial charge >= 0.3 is 7.12 Å². The Labute approximate surface area is 111 Å². The number of benzene rings is 1. The summed E-state index contributed by atoms with van der Waals surface area (Å²) in [7, 11) is -1.41. The molecule has 2 N–H and O–H groups in total. The maximum Gasteiger partial charge on any atom is 0.488 e. The van der Waals surface area contributed by atoms with E-state index in [9.17, 15) is 0 Å². The molecule has 4 nitrogen and oxygen atoms in total. The second-order valence-corrected chi connectivity index (χ2v) is 4.47. The molecular weight excluding hydrogens is 239 g/mol. The number of fused-ring (bicyclic) bond motifs is 1. The van der Waals surface area contributed by atoms with E-state index in [0.717, 1.165) is 23.1 Å². The summed E-state index contributed by atoms with van der Waals surface area (Å²) in [5, 5.41) is 18.1. The quantitative estimate of drug-likeness (QED) is 0.677. The summed E-state index contributed by atoms with van der Waals surface area (Å²) in [6, 6.07) is 13.2. The lowest BCUT2D eigenvalue weighted by atomic mass is 9.80. The molecule has 2 aromatic heterocycles. The van der Waals surface area contributed by atoms with Gasteiger partial charge in [-0.1, -0.05) is 24.3 Å². The van der Waals surface area contributed by atoms with Gasteiger partial charge in [-0.15, -0.1) is 0 Å². The fourth-order valence-corrected chi connectivity index (χ4v) is 2.15. The van der Waals surface area contributed by atoms with E-state index in [1.807, 2.05) is 36.5 Å². The summed E-state index contributed by atoms with van der Waals surface area (Å²) in [5.41, 5.74) is 3.67. The molecule has 3 rings (SSSR count). The minimum Gasteiger partial charge on any atom is -0.423 e. The molecule has 0 spiro atoms. The van der Waals surface area contributed by atoms with Crippen LogP contribution in [-0.2, 0) is 6.54 Å². The molecule has 2 heterocycles. The molecule has 0 unspecified atom stereocenters. The second kappa shape index (κ2) is 4.88. The van der Waals surface area contributed by atoms with Crippen LogP contribution in [0.3, 0.4) is 0 Å². The number of aromatic nitrogens is 2. The maximum atomic E-state index is 9.05. The first-order chi connectivity index (χ1) is 9.24. The van der Waals surface area contributed by atoms with E-state index in [2.05, 4.69) is 9.55 Å². The van der Waals surface area contributed by atoms with Crippen molar-refractivity contribution in [3.8, 4) is 0 Å². The molecule has 0 aliphatic carbocycles. The van der Waals surface area contributed by atoms with E-state index in [4.69, 9.17) is 10.0 Å². The first kappa shape index (κ1) is 12.0. The smallest absolute Gasteiger partial charge is 0.423 e. The van der Waals surface area contributed by atoms with Crippen LogP contribution in [0.1, 0.15) is 5.56 Å². The van der Waals surface area contributed by atoms with E-state index >= 15 is 0 Å². The number of nitrogens with zero attached hydrogens (tertiary/aromatic N) is 2. The Bertz CT molecular complexity index is 692. The van der Waals surface area contributed by atoms with E-state index in [0.29, 0.717) is 5.46 Å². The van der Waals surface area contributed by atoms with Gasteiger partial charge in [0.1, 0.15) is 0 Å². The van der Waals surface area contributed by atoms with Crippen LogP contribution in [0.25, 0.3) is 11.0 Å². The van der Waals surface area contributed by atoms with Crippen LogP contribution >= 0.6 is 0 Å². The Morgan fingerprint density at radius 2 is 1.84 bits per heavy atom. The lowest BCUT2D eigenvalue weighted by molar-refractivity contribution is 0.426. The Balaban J connectivity index is 1.88. The highest BCUT2D eigenvalue weighted by Gasteiger charge is 2.10. The topological polar surface area (TPSA) is 58.3 Å². The summed E-state index contributed by atoms with van der Waals surface area (Å²) in [5.74, 6) is 0. The Kier molecular flexibility index (Phi) is 3.07. The zero-order valence-corrected chi connectivity index (χ0v) is 10.3. The third-order valence-corrected chi connectivity index (χ3v) is 3.17. The molecule has 0 aliphatic heterocycles. The van der Waals surface area contributed by atoms with Gasteiger partial charge < -0.3 is 14.6 Å². The van der Waals surface area contributed by atoms with Gasteiger partial charge in [0, 0.05) is 18.9 Å². The largest absolute Gasteiger partial charge is 0.488 e. The van der Waals surface area contributed by atoms with Crippen molar-refractivity contribution in [1.82, 2.24) is 9.55 Å². The Morgan fingerprint density at radius 3 is 2.58 bits per heavy atom. The summed E-state index contributed by atoms with van der Waals surface area (Å²) in [4.78, 5) is 4.29. The fraction of sp³-hybridized carbons (Fsp3) is 0.0714. The lowest BCUT2D eigenvalue weighted by Crippen LogP contribution is -2.29. The number of pyridine rings is 1. The van der Waals surface area contributed by atoms with Crippen molar-refractivity contribution in [3.63, 3.8) is 0 Å². The molecule has 0 atom stereocenters. The van der Waals surface area contributed by atoms with Crippen molar-refractivity contribution in [1.29, 1.82) is 0 Å². The van der Waals surface area contributed by atoms with Gasteiger partial charge in [0.15, 0.2) is 0 Å². The number of hydrogen-bond acceptors (Lipinski definition) is 3. The van der Waals surface area contributed by atoms with Gasteiger partial charge in [0.05, 0.1) is 11.0 Å². The van der Waals surface area contributed by atoms with Crippen LogP contribution in [0.5, 0.6) is 0 Å². The monoisotopic (exact) mass is 252 g/mol. The van der Waals surface area contributed by atoms with E-state index < -0.39 is 7.12 Å². The minimum atomic E-state index is -1.41. The maximum absolute atomic E-state index is 9.05. The van der Waals surface area contributed by atoms with E-state index in [1.54, 1.807) is 18.3 Å².